The molecule has 0 saturated heterocycles. The molecule has 0 radical (unpaired) electrons. The van der Waals surface area contributed by atoms with Crippen LogP contribution in [0.3, 0.4) is 0 Å². The third-order valence-corrected chi connectivity index (χ3v) is 3.52. The van der Waals surface area contributed by atoms with E-state index in [0.717, 1.165) is 24.9 Å². The van der Waals surface area contributed by atoms with E-state index in [9.17, 15) is 0 Å². The van der Waals surface area contributed by atoms with Crippen LogP contribution in [0.2, 0.25) is 0 Å². The highest BCUT2D eigenvalue weighted by Gasteiger charge is 2.25. The lowest BCUT2D eigenvalue weighted by Gasteiger charge is -2.13. The first-order chi connectivity index (χ1) is 9.36. The monoisotopic (exact) mass is 259 g/mol. The van der Waals surface area contributed by atoms with Crippen LogP contribution in [0.25, 0.3) is 5.69 Å². The molecule has 0 bridgehead atoms. The zero-order valence-corrected chi connectivity index (χ0v) is 10.9. The SMILES string of the molecule is COC1CCC(Nc2nnnn2-c2ccccc2)C1. The molecule has 1 aliphatic carbocycles. The predicted molar refractivity (Wildman–Crippen MR) is 71.2 cm³/mol. The molecule has 2 atom stereocenters. The van der Waals surface area contributed by atoms with Crippen LogP contribution >= 0.6 is 0 Å². The Morgan fingerprint density at radius 1 is 1.26 bits per heavy atom. The maximum Gasteiger partial charge on any atom is 0.247 e. The summed E-state index contributed by atoms with van der Waals surface area (Å²) in [4.78, 5) is 0. The molecule has 1 aromatic carbocycles. The molecule has 100 valence electrons. The van der Waals surface area contributed by atoms with Crippen LogP contribution in [0.15, 0.2) is 30.3 Å². The van der Waals surface area contributed by atoms with E-state index in [2.05, 4.69) is 20.8 Å². The van der Waals surface area contributed by atoms with Gasteiger partial charge in [-0.15, -0.1) is 0 Å². The van der Waals surface area contributed by atoms with E-state index < -0.39 is 0 Å². The number of methoxy groups -OCH3 is 1. The number of para-hydroxylation sites is 1. The minimum atomic E-state index is 0.346. The van der Waals surface area contributed by atoms with E-state index in [1.165, 1.54) is 0 Å². The molecular weight excluding hydrogens is 242 g/mol. The van der Waals surface area contributed by atoms with Gasteiger partial charge in [0, 0.05) is 13.2 Å². The van der Waals surface area contributed by atoms with Gasteiger partial charge in [0.2, 0.25) is 5.95 Å². The maximum absolute atomic E-state index is 5.38. The summed E-state index contributed by atoms with van der Waals surface area (Å²) in [6, 6.07) is 10.2. The highest BCUT2D eigenvalue weighted by atomic mass is 16.5. The van der Waals surface area contributed by atoms with Gasteiger partial charge < -0.3 is 10.1 Å². The number of anilines is 1. The Labute approximate surface area is 111 Å². The fourth-order valence-electron chi connectivity index (χ4n) is 2.49. The van der Waals surface area contributed by atoms with Gasteiger partial charge >= 0.3 is 0 Å². The first-order valence-corrected chi connectivity index (χ1v) is 6.50. The lowest BCUT2D eigenvalue weighted by molar-refractivity contribution is 0.108. The maximum atomic E-state index is 5.38. The number of aromatic nitrogens is 4. The quantitative estimate of drug-likeness (QED) is 0.904. The van der Waals surface area contributed by atoms with E-state index in [-0.39, 0.29) is 0 Å². The van der Waals surface area contributed by atoms with Gasteiger partial charge in [0.1, 0.15) is 0 Å². The minimum Gasteiger partial charge on any atom is -0.381 e. The van der Waals surface area contributed by atoms with Crippen molar-refractivity contribution >= 4 is 5.95 Å². The molecule has 1 N–H and O–H groups in total. The first kappa shape index (κ1) is 12.1. The Morgan fingerprint density at radius 3 is 2.84 bits per heavy atom. The number of nitrogens with one attached hydrogen (secondary N) is 1. The Balaban J connectivity index is 1.75. The molecule has 1 aromatic heterocycles. The molecule has 0 aliphatic heterocycles. The summed E-state index contributed by atoms with van der Waals surface area (Å²) in [5.41, 5.74) is 0.955. The molecule has 19 heavy (non-hydrogen) atoms. The average molecular weight is 259 g/mol. The van der Waals surface area contributed by atoms with Crippen LogP contribution < -0.4 is 5.32 Å². The summed E-state index contributed by atoms with van der Waals surface area (Å²) in [6.07, 6.45) is 3.51. The molecule has 1 heterocycles. The second kappa shape index (κ2) is 5.36. The summed E-state index contributed by atoms with van der Waals surface area (Å²) in [5.74, 6) is 0.688. The van der Waals surface area contributed by atoms with Crippen LogP contribution in [0, 0.1) is 0 Å². The zero-order valence-electron chi connectivity index (χ0n) is 10.9. The molecule has 1 fully saturated rings. The highest BCUT2D eigenvalue weighted by Crippen LogP contribution is 2.24. The van der Waals surface area contributed by atoms with E-state index in [0.29, 0.717) is 18.1 Å². The van der Waals surface area contributed by atoms with Crippen LogP contribution in [0.1, 0.15) is 19.3 Å². The molecule has 0 amide bonds. The average Bonchev–Trinajstić information content (AvgIpc) is 3.09. The number of rotatable bonds is 4. The molecular formula is C13H17N5O. The minimum absolute atomic E-state index is 0.346. The molecule has 6 heteroatoms. The largest absolute Gasteiger partial charge is 0.381 e. The van der Waals surface area contributed by atoms with E-state index >= 15 is 0 Å². The predicted octanol–water partition coefficient (Wildman–Crippen LogP) is 1.64. The molecule has 1 saturated carbocycles. The van der Waals surface area contributed by atoms with Gasteiger partial charge in [-0.1, -0.05) is 23.3 Å². The number of benzene rings is 1. The van der Waals surface area contributed by atoms with E-state index in [4.69, 9.17) is 4.74 Å². The third-order valence-electron chi connectivity index (χ3n) is 3.52. The van der Waals surface area contributed by atoms with Crippen molar-refractivity contribution in [1.29, 1.82) is 0 Å². The summed E-state index contributed by atoms with van der Waals surface area (Å²) in [5, 5.41) is 15.2. The van der Waals surface area contributed by atoms with Gasteiger partial charge in [0.05, 0.1) is 11.8 Å². The fraction of sp³-hybridized carbons (Fsp3) is 0.462. The van der Waals surface area contributed by atoms with Crippen molar-refractivity contribution in [2.45, 2.75) is 31.4 Å². The normalized spacial score (nSPS) is 22.6. The Morgan fingerprint density at radius 2 is 2.11 bits per heavy atom. The number of hydrogen-bond donors (Lipinski definition) is 1. The standard InChI is InChI=1S/C13H17N5O/c1-19-12-8-7-10(9-12)14-13-15-16-17-18(13)11-5-3-2-4-6-11/h2-6,10,12H,7-9H2,1H3,(H,14,15,17). The third kappa shape index (κ3) is 2.58. The van der Waals surface area contributed by atoms with Gasteiger partial charge in [-0.25, -0.2) is 0 Å². The van der Waals surface area contributed by atoms with Crippen molar-refractivity contribution in [2.24, 2.45) is 0 Å². The number of nitrogens with zero attached hydrogens (tertiary/aromatic N) is 4. The van der Waals surface area contributed by atoms with Gasteiger partial charge in [-0.2, -0.15) is 4.68 Å². The van der Waals surface area contributed by atoms with Crippen molar-refractivity contribution in [2.75, 3.05) is 12.4 Å². The molecule has 2 unspecified atom stereocenters. The van der Waals surface area contributed by atoms with Gasteiger partial charge in [0.25, 0.3) is 0 Å². The topological polar surface area (TPSA) is 64.9 Å². The van der Waals surface area contributed by atoms with Crippen LogP contribution in [-0.4, -0.2) is 39.5 Å². The van der Waals surface area contributed by atoms with Crippen molar-refractivity contribution in [1.82, 2.24) is 20.2 Å². The Kier molecular flexibility index (Phi) is 3.41. The second-order valence-electron chi connectivity index (χ2n) is 4.76. The first-order valence-electron chi connectivity index (χ1n) is 6.50. The van der Waals surface area contributed by atoms with E-state index in [1.807, 2.05) is 30.3 Å². The molecule has 6 nitrogen and oxygen atoms in total. The number of ether oxygens (including phenoxy) is 1. The lowest BCUT2D eigenvalue weighted by atomic mass is 10.2. The van der Waals surface area contributed by atoms with Crippen molar-refractivity contribution in [3.63, 3.8) is 0 Å². The molecule has 0 spiro atoms. The van der Waals surface area contributed by atoms with Crippen LogP contribution in [0.5, 0.6) is 0 Å². The van der Waals surface area contributed by atoms with Crippen molar-refractivity contribution in [3.8, 4) is 5.69 Å². The zero-order chi connectivity index (χ0) is 13.1. The van der Waals surface area contributed by atoms with Gasteiger partial charge in [0.15, 0.2) is 0 Å². The Bertz CT molecular complexity index is 527. The molecule has 2 aromatic rings. The summed E-state index contributed by atoms with van der Waals surface area (Å²) in [7, 11) is 1.76. The summed E-state index contributed by atoms with van der Waals surface area (Å²) >= 11 is 0. The van der Waals surface area contributed by atoms with Crippen molar-refractivity contribution < 1.29 is 4.74 Å². The second-order valence-corrected chi connectivity index (χ2v) is 4.76. The fourth-order valence-corrected chi connectivity index (χ4v) is 2.49. The molecule has 1 aliphatic rings. The highest BCUT2D eigenvalue weighted by molar-refractivity contribution is 5.39. The van der Waals surface area contributed by atoms with E-state index in [1.54, 1.807) is 11.8 Å². The van der Waals surface area contributed by atoms with Crippen molar-refractivity contribution in [3.05, 3.63) is 30.3 Å². The van der Waals surface area contributed by atoms with Gasteiger partial charge in [-0.3, -0.25) is 0 Å². The van der Waals surface area contributed by atoms with Gasteiger partial charge in [-0.05, 0) is 41.8 Å². The van der Waals surface area contributed by atoms with Crippen LogP contribution in [0.4, 0.5) is 5.95 Å². The lowest BCUT2D eigenvalue weighted by Crippen LogP contribution is -2.20. The summed E-state index contributed by atoms with van der Waals surface area (Å²) < 4.78 is 7.10. The number of hydrogen-bond acceptors (Lipinski definition) is 5. The Hall–Kier alpha value is -1.95. The number of tetrazole rings is 1. The molecule has 3 rings (SSSR count). The smallest absolute Gasteiger partial charge is 0.247 e. The summed E-state index contributed by atoms with van der Waals surface area (Å²) in [6.45, 7) is 0. The van der Waals surface area contributed by atoms with Crippen LogP contribution in [-0.2, 0) is 4.74 Å².